The summed E-state index contributed by atoms with van der Waals surface area (Å²) in [5.41, 5.74) is 1.01. The summed E-state index contributed by atoms with van der Waals surface area (Å²) in [7, 11) is 0. The lowest BCUT2D eigenvalue weighted by atomic mass is 10.1. The van der Waals surface area contributed by atoms with Crippen molar-refractivity contribution in [1.29, 1.82) is 0 Å². The minimum absolute atomic E-state index is 0.258. The third-order valence-electron chi connectivity index (χ3n) is 3.12. The Morgan fingerprint density at radius 2 is 2.00 bits per heavy atom. The van der Waals surface area contributed by atoms with Crippen LogP contribution < -0.4 is 10.1 Å². The largest absolute Gasteiger partial charge is 0.494 e. The quantitative estimate of drug-likeness (QED) is 0.688. The summed E-state index contributed by atoms with van der Waals surface area (Å²) in [6, 6.07) is 6.68. The average Bonchev–Trinajstić information content (AvgIpc) is 2.50. The Kier molecular flexibility index (Phi) is 7.75. The van der Waals surface area contributed by atoms with E-state index in [0.29, 0.717) is 19.4 Å². The molecule has 1 amide bonds. The summed E-state index contributed by atoms with van der Waals surface area (Å²) in [4.78, 5) is 22.9. The monoisotopic (exact) mass is 305 g/mol. The van der Waals surface area contributed by atoms with Gasteiger partial charge >= 0.3 is 5.97 Å². The molecule has 0 radical (unpaired) electrons. The molecule has 5 nitrogen and oxygen atoms in total. The fourth-order valence-electron chi connectivity index (χ4n) is 1.94. The van der Waals surface area contributed by atoms with Gasteiger partial charge in [0.15, 0.2) is 0 Å². The summed E-state index contributed by atoms with van der Waals surface area (Å²) in [6.45, 7) is 4.35. The summed E-state index contributed by atoms with van der Waals surface area (Å²) < 4.78 is 5.35. The molecule has 0 fully saturated rings. The highest BCUT2D eigenvalue weighted by molar-refractivity contribution is 5.83. The molecule has 1 atom stereocenters. The summed E-state index contributed by atoms with van der Waals surface area (Å²) in [5.74, 6) is -0.480. The van der Waals surface area contributed by atoms with E-state index in [1.807, 2.05) is 38.1 Å². The highest BCUT2D eigenvalue weighted by Gasteiger charge is 2.17. The molecule has 1 aromatic rings. The van der Waals surface area contributed by atoms with Crippen LogP contribution >= 0.6 is 0 Å². The minimum Gasteiger partial charge on any atom is -0.494 e. The average molecular weight is 305 g/mol. The zero-order valence-corrected chi connectivity index (χ0v) is 13.0. The molecule has 22 heavy (non-hydrogen) atoms. The van der Waals surface area contributed by atoms with Gasteiger partial charge in [0, 0.05) is 6.42 Å². The van der Waals surface area contributed by atoms with Crippen molar-refractivity contribution in [2.45, 2.75) is 39.2 Å². The molecule has 0 saturated carbocycles. The van der Waals surface area contributed by atoms with Gasteiger partial charge in [-0.3, -0.25) is 4.79 Å². The third kappa shape index (κ3) is 6.43. The van der Waals surface area contributed by atoms with E-state index in [1.54, 1.807) is 12.2 Å². The van der Waals surface area contributed by atoms with Crippen LogP contribution in [0.1, 0.15) is 32.3 Å². The Hall–Kier alpha value is -2.30. The highest BCUT2D eigenvalue weighted by Crippen LogP contribution is 2.13. The van der Waals surface area contributed by atoms with Gasteiger partial charge in [0.25, 0.3) is 0 Å². The molecule has 0 aliphatic heterocycles. The number of carboxylic acid groups (broad SMARTS) is 1. The number of carboxylic acids is 1. The third-order valence-corrected chi connectivity index (χ3v) is 3.12. The van der Waals surface area contributed by atoms with Crippen LogP contribution in [0.25, 0.3) is 0 Å². The van der Waals surface area contributed by atoms with Crippen molar-refractivity contribution in [3.8, 4) is 5.75 Å². The van der Waals surface area contributed by atoms with E-state index in [1.165, 1.54) is 0 Å². The van der Waals surface area contributed by atoms with Gasteiger partial charge in [0.1, 0.15) is 11.8 Å². The van der Waals surface area contributed by atoms with Gasteiger partial charge in [-0.05, 0) is 44.4 Å². The van der Waals surface area contributed by atoms with Gasteiger partial charge in [-0.1, -0.05) is 24.3 Å². The molecule has 2 N–H and O–H groups in total. The zero-order chi connectivity index (χ0) is 16.4. The molecule has 0 spiro atoms. The number of ether oxygens (including phenoxy) is 1. The van der Waals surface area contributed by atoms with Crippen LogP contribution in [0, 0.1) is 0 Å². The summed E-state index contributed by atoms with van der Waals surface area (Å²) >= 11 is 0. The lowest BCUT2D eigenvalue weighted by Crippen LogP contribution is -2.40. The van der Waals surface area contributed by atoms with Gasteiger partial charge < -0.3 is 15.2 Å². The highest BCUT2D eigenvalue weighted by atomic mass is 16.5. The number of amides is 1. The fraction of sp³-hybridized carbons (Fsp3) is 0.412. The Balaban J connectivity index is 2.45. The summed E-state index contributed by atoms with van der Waals surface area (Å²) in [5, 5.41) is 11.6. The van der Waals surface area contributed by atoms with E-state index in [-0.39, 0.29) is 12.3 Å². The second-order valence-corrected chi connectivity index (χ2v) is 4.84. The van der Waals surface area contributed by atoms with Crippen LogP contribution in [-0.2, 0) is 16.0 Å². The van der Waals surface area contributed by atoms with E-state index in [9.17, 15) is 9.59 Å². The van der Waals surface area contributed by atoms with E-state index < -0.39 is 12.0 Å². The molecule has 0 heterocycles. The zero-order valence-electron chi connectivity index (χ0n) is 13.0. The predicted molar refractivity (Wildman–Crippen MR) is 84.9 cm³/mol. The van der Waals surface area contributed by atoms with Crippen LogP contribution in [0.2, 0.25) is 0 Å². The molecule has 0 saturated heterocycles. The first-order valence-corrected chi connectivity index (χ1v) is 7.41. The Bertz CT molecular complexity index is 508. The Labute approximate surface area is 131 Å². The molecular weight excluding hydrogens is 282 g/mol. The van der Waals surface area contributed by atoms with Crippen molar-refractivity contribution in [2.24, 2.45) is 0 Å². The molecule has 0 aromatic heterocycles. The number of carbonyl (C=O) groups excluding carboxylic acids is 1. The molecule has 1 aromatic carbocycles. The number of carbonyl (C=O) groups is 2. The molecule has 1 unspecified atom stereocenters. The molecule has 1 rings (SSSR count). The van der Waals surface area contributed by atoms with Crippen LogP contribution in [0.4, 0.5) is 0 Å². The van der Waals surface area contributed by atoms with E-state index in [2.05, 4.69) is 5.32 Å². The Morgan fingerprint density at radius 3 is 2.55 bits per heavy atom. The minimum atomic E-state index is -1.02. The second-order valence-electron chi connectivity index (χ2n) is 4.84. The molecule has 0 aliphatic rings. The number of rotatable bonds is 9. The predicted octanol–water partition coefficient (Wildman–Crippen LogP) is 2.55. The van der Waals surface area contributed by atoms with Crippen LogP contribution in [0.3, 0.4) is 0 Å². The molecule has 0 bridgehead atoms. The first-order chi connectivity index (χ1) is 10.6. The number of allylic oxidation sites excluding steroid dienone is 1. The van der Waals surface area contributed by atoms with Crippen molar-refractivity contribution >= 4 is 11.9 Å². The number of hydrogen-bond acceptors (Lipinski definition) is 3. The van der Waals surface area contributed by atoms with Crippen LogP contribution in [0.15, 0.2) is 36.4 Å². The summed E-state index contributed by atoms with van der Waals surface area (Å²) in [6.07, 6.45) is 4.61. The van der Waals surface area contributed by atoms with Crippen LogP contribution in [0.5, 0.6) is 5.75 Å². The Morgan fingerprint density at radius 1 is 1.32 bits per heavy atom. The van der Waals surface area contributed by atoms with Crippen molar-refractivity contribution in [1.82, 2.24) is 5.32 Å². The van der Waals surface area contributed by atoms with E-state index in [0.717, 1.165) is 11.3 Å². The second kappa shape index (κ2) is 9.60. The first-order valence-electron chi connectivity index (χ1n) is 7.41. The lowest BCUT2D eigenvalue weighted by molar-refractivity contribution is -0.141. The molecule has 120 valence electrons. The van der Waals surface area contributed by atoms with Gasteiger partial charge in [0.2, 0.25) is 5.91 Å². The molecular formula is C17H23NO4. The molecule has 0 aliphatic carbocycles. The number of aliphatic carboxylic acids is 1. The van der Waals surface area contributed by atoms with E-state index >= 15 is 0 Å². The standard InChI is InChI=1S/C17H23NO4/c1-3-5-6-15(17(20)21)18-16(19)12-9-13-7-10-14(11-8-13)22-4-2/h3,5,7-8,10-11,15H,4,6,9,12H2,1-2H3,(H,18,19)(H,20,21)/b5-3+. The van der Waals surface area contributed by atoms with Crippen LogP contribution in [-0.4, -0.2) is 29.6 Å². The first kappa shape index (κ1) is 17.8. The van der Waals surface area contributed by atoms with Crippen molar-refractivity contribution in [2.75, 3.05) is 6.61 Å². The lowest BCUT2D eigenvalue weighted by Gasteiger charge is -2.12. The van der Waals surface area contributed by atoms with Gasteiger partial charge in [-0.2, -0.15) is 0 Å². The molecule has 5 heteroatoms. The van der Waals surface area contributed by atoms with Gasteiger partial charge in [0.05, 0.1) is 6.61 Å². The fourth-order valence-corrected chi connectivity index (χ4v) is 1.94. The van der Waals surface area contributed by atoms with Crippen molar-refractivity contribution in [3.63, 3.8) is 0 Å². The number of aryl methyl sites for hydroxylation is 1. The maximum Gasteiger partial charge on any atom is 0.326 e. The van der Waals surface area contributed by atoms with Crippen molar-refractivity contribution < 1.29 is 19.4 Å². The smallest absolute Gasteiger partial charge is 0.326 e. The topological polar surface area (TPSA) is 75.6 Å². The van der Waals surface area contributed by atoms with Gasteiger partial charge in [-0.15, -0.1) is 0 Å². The normalized spacial score (nSPS) is 12.1. The SMILES string of the molecule is C/C=C/CC(NC(=O)CCc1ccc(OCC)cc1)C(=O)O. The number of hydrogen-bond donors (Lipinski definition) is 2. The number of benzene rings is 1. The maximum absolute atomic E-state index is 11.8. The van der Waals surface area contributed by atoms with E-state index in [4.69, 9.17) is 9.84 Å². The maximum atomic E-state index is 11.8. The van der Waals surface area contributed by atoms with Crippen molar-refractivity contribution in [3.05, 3.63) is 42.0 Å². The number of nitrogens with one attached hydrogen (secondary N) is 1. The van der Waals surface area contributed by atoms with Gasteiger partial charge in [-0.25, -0.2) is 4.79 Å².